The highest BCUT2D eigenvalue weighted by molar-refractivity contribution is 6.00. The van der Waals surface area contributed by atoms with Gasteiger partial charge < -0.3 is 5.32 Å². The Bertz CT molecular complexity index is 756. The van der Waals surface area contributed by atoms with Gasteiger partial charge in [0.2, 0.25) is 5.91 Å². The van der Waals surface area contributed by atoms with E-state index < -0.39 is 0 Å². The molecule has 1 amide bonds. The van der Waals surface area contributed by atoms with Crippen LogP contribution in [0.15, 0.2) is 66.3 Å². The van der Waals surface area contributed by atoms with Crippen molar-refractivity contribution in [2.45, 2.75) is 19.8 Å². The molecule has 2 aromatic rings. The van der Waals surface area contributed by atoms with Crippen molar-refractivity contribution in [3.8, 4) is 0 Å². The number of carbonyl (C=O) groups excluding carboxylic acids is 1. The third kappa shape index (κ3) is 3.34. The summed E-state index contributed by atoms with van der Waals surface area (Å²) in [6, 6.07) is 16.2. The van der Waals surface area contributed by atoms with Crippen LogP contribution in [0, 0.1) is 6.92 Å². The number of fused-ring (bicyclic) bond motifs is 1. The van der Waals surface area contributed by atoms with Gasteiger partial charge in [0.05, 0.1) is 0 Å². The van der Waals surface area contributed by atoms with Crippen molar-refractivity contribution in [2.75, 3.05) is 5.32 Å². The highest BCUT2D eigenvalue weighted by Crippen LogP contribution is 2.24. The molecule has 3 rings (SSSR count). The summed E-state index contributed by atoms with van der Waals surface area (Å²) < 4.78 is 0. The Morgan fingerprint density at radius 3 is 2.68 bits per heavy atom. The number of amides is 1. The number of aryl methyl sites for hydroxylation is 2. The molecular formula is C20H19NO. The van der Waals surface area contributed by atoms with Crippen molar-refractivity contribution in [3.05, 3.63) is 82.9 Å². The van der Waals surface area contributed by atoms with Crippen LogP contribution in [0.4, 0.5) is 5.69 Å². The minimum atomic E-state index is -0.0888. The lowest BCUT2D eigenvalue weighted by atomic mass is 9.92. The molecule has 2 nitrogen and oxygen atoms in total. The number of nitrogens with one attached hydrogen (secondary N) is 1. The zero-order valence-electron chi connectivity index (χ0n) is 12.7. The van der Waals surface area contributed by atoms with E-state index in [4.69, 9.17) is 0 Å². The first-order valence-corrected chi connectivity index (χ1v) is 7.55. The Morgan fingerprint density at radius 2 is 1.82 bits per heavy atom. The minimum absolute atomic E-state index is 0.0888. The van der Waals surface area contributed by atoms with Crippen LogP contribution in [0.2, 0.25) is 0 Å². The van der Waals surface area contributed by atoms with Crippen molar-refractivity contribution >= 4 is 17.7 Å². The predicted octanol–water partition coefficient (Wildman–Crippen LogP) is 4.52. The van der Waals surface area contributed by atoms with E-state index >= 15 is 0 Å². The molecule has 110 valence electrons. The smallest absolute Gasteiger partial charge is 0.248 e. The second-order valence-corrected chi connectivity index (χ2v) is 5.56. The van der Waals surface area contributed by atoms with Crippen LogP contribution in [0.25, 0.3) is 6.08 Å². The van der Waals surface area contributed by atoms with Crippen LogP contribution >= 0.6 is 0 Å². The Balaban J connectivity index is 1.69. The molecule has 0 saturated carbocycles. The normalized spacial score (nSPS) is 13.6. The van der Waals surface area contributed by atoms with Gasteiger partial charge in [-0.05, 0) is 48.1 Å². The van der Waals surface area contributed by atoms with Crippen molar-refractivity contribution in [2.24, 2.45) is 0 Å². The third-order valence-corrected chi connectivity index (χ3v) is 3.93. The fraction of sp³-hybridized carbons (Fsp3) is 0.150. The van der Waals surface area contributed by atoms with Gasteiger partial charge in [0.25, 0.3) is 0 Å². The van der Waals surface area contributed by atoms with Gasteiger partial charge >= 0.3 is 0 Å². The Hall–Kier alpha value is -2.61. The fourth-order valence-corrected chi connectivity index (χ4v) is 2.66. The highest BCUT2D eigenvalue weighted by Gasteiger charge is 2.08. The summed E-state index contributed by atoms with van der Waals surface area (Å²) in [6.07, 6.45) is 7.71. The summed E-state index contributed by atoms with van der Waals surface area (Å²) in [7, 11) is 0. The number of para-hydroxylation sites is 1. The summed E-state index contributed by atoms with van der Waals surface area (Å²) in [6.45, 7) is 1.99. The molecule has 2 heteroatoms. The highest BCUT2D eigenvalue weighted by atomic mass is 16.1. The van der Waals surface area contributed by atoms with Crippen LogP contribution in [0.3, 0.4) is 0 Å². The second-order valence-electron chi connectivity index (χ2n) is 5.56. The summed E-state index contributed by atoms with van der Waals surface area (Å²) in [5, 5.41) is 2.92. The summed E-state index contributed by atoms with van der Waals surface area (Å²) in [5.41, 5.74) is 5.76. The lowest BCUT2D eigenvalue weighted by Gasteiger charge is -2.13. The van der Waals surface area contributed by atoms with Crippen LogP contribution in [0.5, 0.6) is 0 Å². The number of rotatable bonds is 3. The SMILES string of the molecule is Cc1ccccc1NC(=O)/C=C/C1=Cc2ccccc2CC1. The number of carbonyl (C=O) groups is 1. The standard InChI is InChI=1S/C20H19NO/c1-15-6-2-5-9-19(15)21-20(22)13-11-16-10-12-17-7-3-4-8-18(17)14-16/h2-9,11,13-14H,10,12H2,1H3,(H,21,22)/b13-11+. The predicted molar refractivity (Wildman–Crippen MR) is 91.7 cm³/mol. The van der Waals surface area contributed by atoms with Crippen LogP contribution in [-0.4, -0.2) is 5.91 Å². The van der Waals surface area contributed by atoms with E-state index in [9.17, 15) is 4.79 Å². The first-order chi connectivity index (χ1) is 10.7. The van der Waals surface area contributed by atoms with Crippen molar-refractivity contribution < 1.29 is 4.79 Å². The van der Waals surface area contributed by atoms with E-state index in [-0.39, 0.29) is 5.91 Å². The minimum Gasteiger partial charge on any atom is -0.322 e. The first-order valence-electron chi connectivity index (χ1n) is 7.55. The fourth-order valence-electron chi connectivity index (χ4n) is 2.66. The molecule has 0 aliphatic heterocycles. The number of anilines is 1. The summed E-state index contributed by atoms with van der Waals surface area (Å²) in [4.78, 5) is 12.0. The van der Waals surface area contributed by atoms with Gasteiger partial charge in [0, 0.05) is 11.8 Å². The topological polar surface area (TPSA) is 29.1 Å². The molecule has 1 N–H and O–H groups in total. The molecular weight excluding hydrogens is 270 g/mol. The van der Waals surface area contributed by atoms with Crippen LogP contribution < -0.4 is 5.32 Å². The van der Waals surface area contributed by atoms with E-state index in [0.717, 1.165) is 24.1 Å². The average molecular weight is 289 g/mol. The van der Waals surface area contributed by atoms with Gasteiger partial charge in [0.1, 0.15) is 0 Å². The molecule has 1 aliphatic rings. The van der Waals surface area contributed by atoms with Gasteiger partial charge in [-0.2, -0.15) is 0 Å². The molecule has 0 saturated heterocycles. The van der Waals surface area contributed by atoms with E-state index in [1.165, 1.54) is 16.7 Å². The van der Waals surface area contributed by atoms with Crippen molar-refractivity contribution in [1.29, 1.82) is 0 Å². The third-order valence-electron chi connectivity index (χ3n) is 3.93. The van der Waals surface area contributed by atoms with Crippen LogP contribution in [0.1, 0.15) is 23.1 Å². The molecule has 0 atom stereocenters. The zero-order valence-corrected chi connectivity index (χ0v) is 12.7. The van der Waals surface area contributed by atoms with Gasteiger partial charge in [-0.25, -0.2) is 0 Å². The van der Waals surface area contributed by atoms with E-state index in [1.54, 1.807) is 6.08 Å². The molecule has 0 fully saturated rings. The lowest BCUT2D eigenvalue weighted by molar-refractivity contribution is -0.111. The van der Waals surface area contributed by atoms with E-state index in [0.29, 0.717) is 0 Å². The molecule has 0 aromatic heterocycles. The summed E-state index contributed by atoms with van der Waals surface area (Å²) in [5.74, 6) is -0.0888. The van der Waals surface area contributed by atoms with Crippen LogP contribution in [-0.2, 0) is 11.2 Å². The van der Waals surface area contributed by atoms with Crippen molar-refractivity contribution in [1.82, 2.24) is 0 Å². The summed E-state index contributed by atoms with van der Waals surface area (Å²) >= 11 is 0. The molecule has 1 aliphatic carbocycles. The molecule has 0 heterocycles. The molecule has 22 heavy (non-hydrogen) atoms. The van der Waals surface area contributed by atoms with Gasteiger partial charge in [-0.3, -0.25) is 4.79 Å². The number of benzene rings is 2. The number of hydrogen-bond acceptors (Lipinski definition) is 1. The zero-order chi connectivity index (χ0) is 15.4. The molecule has 2 aromatic carbocycles. The maximum absolute atomic E-state index is 12.0. The Kier molecular flexibility index (Phi) is 4.19. The van der Waals surface area contributed by atoms with Gasteiger partial charge in [-0.1, -0.05) is 54.6 Å². The van der Waals surface area contributed by atoms with E-state index in [2.05, 4.69) is 29.6 Å². The Labute approximate surface area is 131 Å². The maximum Gasteiger partial charge on any atom is 0.248 e. The van der Waals surface area contributed by atoms with Gasteiger partial charge in [0.15, 0.2) is 0 Å². The molecule has 0 bridgehead atoms. The largest absolute Gasteiger partial charge is 0.322 e. The quantitative estimate of drug-likeness (QED) is 0.827. The second kappa shape index (κ2) is 6.44. The first kappa shape index (κ1) is 14.3. The maximum atomic E-state index is 12.0. The number of allylic oxidation sites excluding steroid dienone is 2. The Morgan fingerprint density at radius 1 is 1.05 bits per heavy atom. The molecule has 0 spiro atoms. The van der Waals surface area contributed by atoms with Crippen molar-refractivity contribution in [3.63, 3.8) is 0 Å². The monoisotopic (exact) mass is 289 g/mol. The average Bonchev–Trinajstić information content (AvgIpc) is 2.55. The number of hydrogen-bond donors (Lipinski definition) is 1. The molecule has 0 radical (unpaired) electrons. The lowest BCUT2D eigenvalue weighted by Crippen LogP contribution is -2.09. The molecule has 0 unspecified atom stereocenters. The van der Waals surface area contributed by atoms with E-state index in [1.807, 2.05) is 43.3 Å². The van der Waals surface area contributed by atoms with Gasteiger partial charge in [-0.15, -0.1) is 0 Å².